The first-order valence-electron chi connectivity index (χ1n) is 10.6. The van der Waals surface area contributed by atoms with Crippen LogP contribution in [0.3, 0.4) is 0 Å². The molecule has 0 unspecified atom stereocenters. The number of para-hydroxylation sites is 2. The lowest BCUT2D eigenvalue weighted by Gasteiger charge is -2.18. The van der Waals surface area contributed by atoms with Crippen LogP contribution in [-0.2, 0) is 0 Å². The minimum atomic E-state index is -0.474. The highest BCUT2D eigenvalue weighted by Crippen LogP contribution is 2.27. The number of anilines is 2. The number of nitrogens with zero attached hydrogens (tertiary/aromatic N) is 4. The highest BCUT2D eigenvalue weighted by atomic mass is 16.6. The summed E-state index contributed by atoms with van der Waals surface area (Å²) in [7, 11) is 0. The quantitative estimate of drug-likeness (QED) is 0.240. The Balaban J connectivity index is 1.84. The van der Waals surface area contributed by atoms with Crippen molar-refractivity contribution in [1.29, 1.82) is 0 Å². The fourth-order valence-corrected chi connectivity index (χ4v) is 3.95. The van der Waals surface area contributed by atoms with Crippen molar-refractivity contribution in [3.8, 4) is 11.5 Å². The number of hydrogen-bond donors (Lipinski definition) is 1. The normalized spacial score (nSPS) is 10.9. The van der Waals surface area contributed by atoms with E-state index in [1.807, 2.05) is 78.2 Å². The molecule has 8 heteroatoms. The van der Waals surface area contributed by atoms with Crippen molar-refractivity contribution >= 4 is 28.1 Å². The summed E-state index contributed by atoms with van der Waals surface area (Å²) < 4.78 is 3.48. The van der Waals surface area contributed by atoms with E-state index in [4.69, 9.17) is 0 Å². The fourth-order valence-electron chi connectivity index (χ4n) is 3.95. The number of nitro groups is 1. The summed E-state index contributed by atoms with van der Waals surface area (Å²) in [6, 6.07) is 25.6. The molecular formula is C26H20N5O3+. The number of hydrogen-bond acceptors (Lipinski definition) is 5. The molecule has 8 nitrogen and oxygen atoms in total. The topological polar surface area (TPSA) is 93.9 Å². The number of nitrogens with one attached hydrogen (secondary N) is 1. The van der Waals surface area contributed by atoms with Gasteiger partial charge in [-0.2, -0.15) is 4.57 Å². The van der Waals surface area contributed by atoms with E-state index in [2.05, 4.69) is 10.3 Å². The molecule has 3 aromatic heterocycles. The van der Waals surface area contributed by atoms with Crippen LogP contribution in [0.5, 0.6) is 0 Å². The predicted molar refractivity (Wildman–Crippen MR) is 130 cm³/mol. The second kappa shape index (κ2) is 8.59. The molecule has 5 aromatic rings. The summed E-state index contributed by atoms with van der Waals surface area (Å²) in [5.41, 5.74) is 2.66. The molecule has 0 spiro atoms. The minimum Gasteiger partial charge on any atom is -0.341 e. The molecule has 0 aliphatic heterocycles. The lowest BCUT2D eigenvalue weighted by atomic mass is 10.1. The molecule has 166 valence electrons. The highest BCUT2D eigenvalue weighted by molar-refractivity contribution is 5.88. The molecule has 0 aliphatic carbocycles. The van der Waals surface area contributed by atoms with Gasteiger partial charge < -0.3 is 5.32 Å². The van der Waals surface area contributed by atoms with Gasteiger partial charge in [-0.3, -0.25) is 19.5 Å². The predicted octanol–water partition coefficient (Wildman–Crippen LogP) is 4.62. The monoisotopic (exact) mass is 450 g/mol. The minimum absolute atomic E-state index is 0.0929. The van der Waals surface area contributed by atoms with E-state index >= 15 is 0 Å². The molecule has 0 aliphatic rings. The Kier molecular flexibility index (Phi) is 5.31. The van der Waals surface area contributed by atoms with Gasteiger partial charge in [0.05, 0.1) is 16.6 Å². The number of rotatable bonds is 5. The average molecular weight is 450 g/mol. The van der Waals surface area contributed by atoms with Crippen LogP contribution in [0.4, 0.5) is 17.2 Å². The maximum atomic E-state index is 13.5. The Bertz CT molecular complexity index is 1580. The Labute approximate surface area is 194 Å². The Morgan fingerprint density at radius 3 is 2.38 bits per heavy atom. The van der Waals surface area contributed by atoms with Crippen LogP contribution in [0.1, 0.15) is 5.69 Å². The van der Waals surface area contributed by atoms with Crippen LogP contribution >= 0.6 is 0 Å². The number of aromatic nitrogens is 3. The van der Waals surface area contributed by atoms with Gasteiger partial charge in [0.25, 0.3) is 0 Å². The Morgan fingerprint density at radius 2 is 1.68 bits per heavy atom. The van der Waals surface area contributed by atoms with E-state index in [0.717, 1.165) is 11.4 Å². The second-order valence-electron chi connectivity index (χ2n) is 7.76. The molecular weight excluding hydrogens is 430 g/mol. The summed E-state index contributed by atoms with van der Waals surface area (Å²) >= 11 is 0. The first kappa shape index (κ1) is 21.0. The van der Waals surface area contributed by atoms with Crippen LogP contribution in [0.15, 0.2) is 102 Å². The zero-order chi connectivity index (χ0) is 23.7. The van der Waals surface area contributed by atoms with Gasteiger partial charge in [-0.05, 0) is 35.3 Å². The average Bonchev–Trinajstić information content (AvgIpc) is 2.85. The SMILES string of the molecule is Cc1cc2c(c(-[n+]3cccc([N+](=O)[O-])c3)n1)c(=O)cc(Nc1ccccc1)n2-c1ccccc1. The number of fused-ring (bicyclic) bond motifs is 1. The van der Waals surface area contributed by atoms with Crippen molar-refractivity contribution in [3.05, 3.63) is 123 Å². The summed E-state index contributed by atoms with van der Waals surface area (Å²) in [6.07, 6.45) is 3.01. The lowest BCUT2D eigenvalue weighted by Crippen LogP contribution is -2.33. The van der Waals surface area contributed by atoms with Gasteiger partial charge in [0.15, 0.2) is 17.3 Å². The van der Waals surface area contributed by atoms with E-state index < -0.39 is 4.92 Å². The molecule has 34 heavy (non-hydrogen) atoms. The largest absolute Gasteiger partial charge is 0.341 e. The van der Waals surface area contributed by atoms with E-state index in [9.17, 15) is 14.9 Å². The van der Waals surface area contributed by atoms with Crippen molar-refractivity contribution in [2.45, 2.75) is 6.92 Å². The first-order valence-corrected chi connectivity index (χ1v) is 10.6. The van der Waals surface area contributed by atoms with E-state index in [1.165, 1.54) is 22.9 Å². The summed E-state index contributed by atoms with van der Waals surface area (Å²) in [5.74, 6) is 0.926. The molecule has 2 aromatic carbocycles. The van der Waals surface area contributed by atoms with Crippen LogP contribution in [0.2, 0.25) is 0 Å². The van der Waals surface area contributed by atoms with Gasteiger partial charge in [-0.25, -0.2) is 0 Å². The summed E-state index contributed by atoms with van der Waals surface area (Å²) in [6.45, 7) is 1.83. The maximum absolute atomic E-state index is 13.5. The van der Waals surface area contributed by atoms with Gasteiger partial charge >= 0.3 is 11.5 Å². The highest BCUT2D eigenvalue weighted by Gasteiger charge is 2.24. The zero-order valence-electron chi connectivity index (χ0n) is 18.3. The van der Waals surface area contributed by atoms with Crippen molar-refractivity contribution in [2.24, 2.45) is 0 Å². The number of pyridine rings is 3. The molecule has 0 bridgehead atoms. The molecule has 5 rings (SSSR count). The second-order valence-corrected chi connectivity index (χ2v) is 7.76. The van der Waals surface area contributed by atoms with Crippen LogP contribution in [-0.4, -0.2) is 14.5 Å². The summed E-state index contributed by atoms with van der Waals surface area (Å²) in [4.78, 5) is 28.9. The zero-order valence-corrected chi connectivity index (χ0v) is 18.3. The third-order valence-electron chi connectivity index (χ3n) is 5.40. The smallest absolute Gasteiger partial charge is 0.341 e. The molecule has 3 heterocycles. The molecule has 0 saturated carbocycles. The van der Waals surface area contributed by atoms with Crippen molar-refractivity contribution in [1.82, 2.24) is 9.55 Å². The van der Waals surface area contributed by atoms with Crippen LogP contribution in [0, 0.1) is 17.0 Å². The van der Waals surface area contributed by atoms with E-state index in [-0.39, 0.29) is 11.1 Å². The van der Waals surface area contributed by atoms with Gasteiger partial charge in [-0.15, -0.1) is 0 Å². The molecule has 1 N–H and O–H groups in total. The molecule has 0 saturated heterocycles. The molecule has 0 radical (unpaired) electrons. The third-order valence-corrected chi connectivity index (χ3v) is 5.40. The Hall–Kier alpha value is -4.85. The molecule has 0 fully saturated rings. The molecule has 0 atom stereocenters. The standard InChI is InChI=1S/C26H19N5O3/c1-18-15-22-25(26(27-18)29-14-8-13-21(17-29)31(33)34)23(32)16-24(28-19-9-4-2-5-10-19)30(22)20-11-6-3-7-12-20/h2-17H,1H3/p+1. The maximum Gasteiger partial charge on any atom is 0.341 e. The first-order chi connectivity index (χ1) is 16.5. The number of benzene rings is 2. The van der Waals surface area contributed by atoms with E-state index in [1.54, 1.807) is 12.3 Å². The fraction of sp³-hybridized carbons (Fsp3) is 0.0385. The van der Waals surface area contributed by atoms with Crippen molar-refractivity contribution < 1.29 is 9.49 Å². The van der Waals surface area contributed by atoms with Gasteiger partial charge in [0.2, 0.25) is 0 Å². The van der Waals surface area contributed by atoms with E-state index in [0.29, 0.717) is 28.2 Å². The van der Waals surface area contributed by atoms with Gasteiger partial charge in [-0.1, -0.05) is 36.4 Å². The summed E-state index contributed by atoms with van der Waals surface area (Å²) in [5, 5.41) is 15.0. The van der Waals surface area contributed by atoms with Crippen molar-refractivity contribution in [3.63, 3.8) is 0 Å². The number of aryl methyl sites for hydroxylation is 1. The Morgan fingerprint density at radius 1 is 0.971 bits per heavy atom. The van der Waals surface area contributed by atoms with Crippen LogP contribution < -0.4 is 15.3 Å². The third kappa shape index (κ3) is 3.88. The van der Waals surface area contributed by atoms with Crippen LogP contribution in [0.25, 0.3) is 22.4 Å². The lowest BCUT2D eigenvalue weighted by molar-refractivity contribution is -0.602. The molecule has 0 amide bonds. The van der Waals surface area contributed by atoms with Gasteiger partial charge in [0, 0.05) is 36.5 Å². The van der Waals surface area contributed by atoms with Crippen molar-refractivity contribution in [2.75, 3.05) is 5.32 Å². The van der Waals surface area contributed by atoms with Gasteiger partial charge in [0.1, 0.15) is 11.2 Å².